The van der Waals surface area contributed by atoms with Crippen LogP contribution >= 0.6 is 11.6 Å². The van der Waals surface area contributed by atoms with Crippen LogP contribution in [0.2, 0.25) is 5.02 Å². The summed E-state index contributed by atoms with van der Waals surface area (Å²) in [4.78, 5) is 0. The monoisotopic (exact) mass is 182 g/mol. The topological polar surface area (TPSA) is 49.9 Å². The van der Waals surface area contributed by atoms with Gasteiger partial charge in [0.1, 0.15) is 0 Å². The number of hydrogen-bond acceptors (Lipinski definition) is 2. The van der Waals surface area contributed by atoms with Crippen molar-refractivity contribution < 1.29 is 0 Å². The van der Waals surface area contributed by atoms with Gasteiger partial charge in [0, 0.05) is 11.3 Å². The van der Waals surface area contributed by atoms with Crippen molar-refractivity contribution in [1.29, 1.82) is 5.41 Å². The average Bonchev–Trinajstić information content (AvgIpc) is 1.97. The van der Waals surface area contributed by atoms with E-state index in [9.17, 15) is 0 Å². The highest BCUT2D eigenvalue weighted by atomic mass is 35.5. The van der Waals surface area contributed by atoms with Gasteiger partial charge in [-0.3, -0.25) is 0 Å². The first-order chi connectivity index (χ1) is 5.54. The second kappa shape index (κ2) is 3.15. The van der Waals surface area contributed by atoms with Crippen LogP contribution in [0, 0.1) is 12.3 Å². The smallest absolute Gasteiger partial charge is 0.0642 e. The van der Waals surface area contributed by atoms with Crippen LogP contribution < -0.4 is 5.73 Å². The van der Waals surface area contributed by atoms with Crippen molar-refractivity contribution in [3.63, 3.8) is 0 Å². The Morgan fingerprint density at radius 3 is 2.50 bits per heavy atom. The molecule has 3 N–H and O–H groups in total. The molecule has 64 valence electrons. The highest BCUT2D eigenvalue weighted by molar-refractivity contribution is 6.34. The van der Waals surface area contributed by atoms with E-state index in [1.807, 2.05) is 13.0 Å². The number of aryl methyl sites for hydroxylation is 1. The van der Waals surface area contributed by atoms with Gasteiger partial charge in [-0.15, -0.1) is 0 Å². The number of halogens is 1. The zero-order valence-electron chi connectivity index (χ0n) is 7.11. The van der Waals surface area contributed by atoms with Gasteiger partial charge in [-0.1, -0.05) is 17.7 Å². The molecule has 3 heteroatoms. The fourth-order valence-electron chi connectivity index (χ4n) is 1.20. The molecule has 0 spiro atoms. The normalized spacial score (nSPS) is 9.92. The van der Waals surface area contributed by atoms with E-state index in [0.29, 0.717) is 16.4 Å². The first-order valence-corrected chi connectivity index (χ1v) is 4.02. The van der Waals surface area contributed by atoms with E-state index in [1.54, 1.807) is 13.0 Å². The first-order valence-electron chi connectivity index (χ1n) is 3.64. The predicted octanol–water partition coefficient (Wildman–Crippen LogP) is 2.62. The van der Waals surface area contributed by atoms with Gasteiger partial charge >= 0.3 is 0 Å². The summed E-state index contributed by atoms with van der Waals surface area (Å²) in [5.41, 5.74) is 8.41. The summed E-state index contributed by atoms with van der Waals surface area (Å²) in [6.45, 7) is 3.62. The van der Waals surface area contributed by atoms with Gasteiger partial charge < -0.3 is 11.1 Å². The fourth-order valence-corrected chi connectivity index (χ4v) is 1.36. The van der Waals surface area contributed by atoms with Crippen molar-refractivity contribution in [2.75, 3.05) is 5.73 Å². The molecule has 1 aromatic carbocycles. The Morgan fingerprint density at radius 1 is 1.50 bits per heavy atom. The lowest BCUT2D eigenvalue weighted by Gasteiger charge is -2.08. The molecule has 12 heavy (non-hydrogen) atoms. The van der Waals surface area contributed by atoms with Crippen LogP contribution in [0.5, 0.6) is 0 Å². The Balaban J connectivity index is 3.43. The summed E-state index contributed by atoms with van der Waals surface area (Å²) < 4.78 is 0. The largest absolute Gasteiger partial charge is 0.397 e. The van der Waals surface area contributed by atoms with Crippen molar-refractivity contribution in [1.82, 2.24) is 0 Å². The van der Waals surface area contributed by atoms with Gasteiger partial charge in [-0.25, -0.2) is 0 Å². The SMILES string of the molecule is CC(=N)c1c(C)ccc(Cl)c1N. The van der Waals surface area contributed by atoms with E-state index < -0.39 is 0 Å². The number of nitrogens with one attached hydrogen (secondary N) is 1. The third kappa shape index (κ3) is 1.43. The number of rotatable bonds is 1. The summed E-state index contributed by atoms with van der Waals surface area (Å²) in [5, 5.41) is 7.99. The van der Waals surface area contributed by atoms with E-state index in [1.165, 1.54) is 0 Å². The van der Waals surface area contributed by atoms with Crippen molar-refractivity contribution >= 4 is 23.0 Å². The van der Waals surface area contributed by atoms with Crippen molar-refractivity contribution in [3.8, 4) is 0 Å². The lowest BCUT2D eigenvalue weighted by atomic mass is 10.0. The van der Waals surface area contributed by atoms with E-state index in [4.69, 9.17) is 22.7 Å². The molecule has 0 bridgehead atoms. The zero-order chi connectivity index (χ0) is 9.30. The van der Waals surface area contributed by atoms with Crippen molar-refractivity contribution in [3.05, 3.63) is 28.3 Å². The first kappa shape index (κ1) is 9.07. The summed E-state index contributed by atoms with van der Waals surface area (Å²) in [6.07, 6.45) is 0. The highest BCUT2D eigenvalue weighted by Crippen LogP contribution is 2.25. The Hall–Kier alpha value is -1.02. The molecule has 0 radical (unpaired) electrons. The Labute approximate surface area is 76.9 Å². The van der Waals surface area contributed by atoms with E-state index in [2.05, 4.69) is 0 Å². The van der Waals surface area contributed by atoms with Gasteiger partial charge in [-0.2, -0.15) is 0 Å². The second-order valence-electron chi connectivity index (χ2n) is 2.78. The lowest BCUT2D eigenvalue weighted by molar-refractivity contribution is 1.39. The molecule has 0 aromatic heterocycles. The summed E-state index contributed by atoms with van der Waals surface area (Å²) in [5.74, 6) is 0. The molecule has 0 aliphatic rings. The maximum atomic E-state index is 7.48. The summed E-state index contributed by atoms with van der Waals surface area (Å²) in [7, 11) is 0. The van der Waals surface area contributed by atoms with E-state index >= 15 is 0 Å². The number of hydrogen-bond donors (Lipinski definition) is 2. The zero-order valence-corrected chi connectivity index (χ0v) is 7.87. The molecule has 0 saturated heterocycles. The van der Waals surface area contributed by atoms with Crippen LogP contribution in [0.4, 0.5) is 5.69 Å². The maximum Gasteiger partial charge on any atom is 0.0642 e. The predicted molar refractivity (Wildman–Crippen MR) is 53.1 cm³/mol. The van der Waals surface area contributed by atoms with Crippen LogP contribution in [0.1, 0.15) is 18.1 Å². The molecular formula is C9H11ClN2. The minimum Gasteiger partial charge on any atom is -0.397 e. The van der Waals surface area contributed by atoms with Gasteiger partial charge in [0.15, 0.2) is 0 Å². The lowest BCUT2D eigenvalue weighted by Crippen LogP contribution is -2.02. The standard InChI is InChI=1S/C9H11ClN2/c1-5-3-4-7(10)9(12)8(5)6(2)11/h3-4,11H,12H2,1-2H3. The second-order valence-corrected chi connectivity index (χ2v) is 3.19. The molecule has 0 amide bonds. The van der Waals surface area contributed by atoms with Crippen LogP contribution in [0.25, 0.3) is 0 Å². The minimum atomic E-state index is 0.451. The van der Waals surface area contributed by atoms with Crippen molar-refractivity contribution in [2.45, 2.75) is 13.8 Å². The highest BCUT2D eigenvalue weighted by Gasteiger charge is 2.07. The average molecular weight is 183 g/mol. The maximum absolute atomic E-state index is 7.48. The van der Waals surface area contributed by atoms with Gasteiger partial charge in [0.25, 0.3) is 0 Å². The molecule has 1 rings (SSSR count). The van der Waals surface area contributed by atoms with Crippen LogP contribution in [0.15, 0.2) is 12.1 Å². The molecular weight excluding hydrogens is 172 g/mol. The van der Waals surface area contributed by atoms with E-state index in [-0.39, 0.29) is 0 Å². The van der Waals surface area contributed by atoms with Gasteiger partial charge in [0.2, 0.25) is 0 Å². The quantitative estimate of drug-likeness (QED) is 0.509. The third-order valence-electron chi connectivity index (χ3n) is 1.78. The number of nitrogen functional groups attached to an aromatic ring is 1. The number of benzene rings is 1. The molecule has 0 heterocycles. The molecule has 1 aromatic rings. The van der Waals surface area contributed by atoms with Crippen LogP contribution in [-0.4, -0.2) is 5.71 Å². The molecule has 0 unspecified atom stereocenters. The molecule has 0 fully saturated rings. The fraction of sp³-hybridized carbons (Fsp3) is 0.222. The molecule has 0 atom stereocenters. The minimum absolute atomic E-state index is 0.451. The summed E-state index contributed by atoms with van der Waals surface area (Å²) >= 11 is 5.81. The van der Waals surface area contributed by atoms with Crippen LogP contribution in [0.3, 0.4) is 0 Å². The molecule has 2 nitrogen and oxygen atoms in total. The molecule has 0 aliphatic heterocycles. The number of anilines is 1. The van der Waals surface area contributed by atoms with Crippen molar-refractivity contribution in [2.24, 2.45) is 0 Å². The molecule has 0 saturated carbocycles. The van der Waals surface area contributed by atoms with Gasteiger partial charge in [-0.05, 0) is 25.5 Å². The van der Waals surface area contributed by atoms with Crippen LogP contribution in [-0.2, 0) is 0 Å². The number of nitrogens with two attached hydrogens (primary N) is 1. The Morgan fingerprint density at radius 2 is 2.08 bits per heavy atom. The van der Waals surface area contributed by atoms with E-state index in [0.717, 1.165) is 11.1 Å². The Bertz CT molecular complexity index is 332. The Kier molecular flexibility index (Phi) is 2.38. The summed E-state index contributed by atoms with van der Waals surface area (Å²) in [6, 6.07) is 3.62. The van der Waals surface area contributed by atoms with Gasteiger partial charge in [0.05, 0.1) is 10.7 Å². The molecule has 0 aliphatic carbocycles. The third-order valence-corrected chi connectivity index (χ3v) is 2.11.